The minimum absolute atomic E-state index is 0.0506. The molecule has 1 aromatic heterocycles. The molecule has 0 spiro atoms. The quantitative estimate of drug-likeness (QED) is 0.738. The van der Waals surface area contributed by atoms with E-state index in [-0.39, 0.29) is 17.7 Å². The van der Waals surface area contributed by atoms with E-state index in [4.69, 9.17) is 4.74 Å². The number of hydrogen-bond donors (Lipinski definition) is 0. The molecule has 0 atom stereocenters. The summed E-state index contributed by atoms with van der Waals surface area (Å²) in [5, 5.41) is 0. The Balaban J connectivity index is 1.95. The van der Waals surface area contributed by atoms with Crippen LogP contribution in [0.3, 0.4) is 0 Å². The molecule has 0 unspecified atom stereocenters. The monoisotopic (exact) mass is 388 g/mol. The first-order valence-electron chi connectivity index (χ1n) is 8.41. The van der Waals surface area contributed by atoms with Gasteiger partial charge in [-0.1, -0.05) is 0 Å². The Hall–Kier alpha value is -1.74. The lowest BCUT2D eigenvalue weighted by molar-refractivity contribution is 0.0204. The van der Waals surface area contributed by atoms with Crippen LogP contribution in [0.1, 0.15) is 50.8 Å². The van der Waals surface area contributed by atoms with Crippen LogP contribution in [0.25, 0.3) is 0 Å². The van der Waals surface area contributed by atoms with Crippen molar-refractivity contribution in [3.8, 4) is 0 Å². The van der Waals surface area contributed by atoms with E-state index >= 15 is 0 Å². The summed E-state index contributed by atoms with van der Waals surface area (Å²) in [6.45, 7) is 6.09. The van der Waals surface area contributed by atoms with Gasteiger partial charge in [-0.25, -0.2) is 9.18 Å². The summed E-state index contributed by atoms with van der Waals surface area (Å²) in [4.78, 5) is 17.7. The average Bonchev–Trinajstić information content (AvgIpc) is 2.51. The Labute approximate surface area is 153 Å². The minimum Gasteiger partial charge on any atom is -0.444 e. The van der Waals surface area contributed by atoms with Gasteiger partial charge < -0.3 is 9.64 Å². The van der Waals surface area contributed by atoms with E-state index in [9.17, 15) is 17.6 Å². The largest absolute Gasteiger partial charge is 0.444 e. The molecule has 2 rings (SSSR count). The molecule has 0 bridgehead atoms. The van der Waals surface area contributed by atoms with E-state index in [1.54, 1.807) is 4.90 Å². The number of halogens is 1. The van der Waals surface area contributed by atoms with Gasteiger partial charge >= 0.3 is 6.09 Å². The maximum absolute atomic E-state index is 14.1. The van der Waals surface area contributed by atoms with Crippen molar-refractivity contribution in [3.63, 3.8) is 0 Å². The number of hydrogen-bond acceptors (Lipinski definition) is 6. The Morgan fingerprint density at radius 3 is 2.46 bits per heavy atom. The second-order valence-electron chi connectivity index (χ2n) is 7.41. The molecule has 0 aromatic carbocycles. The van der Waals surface area contributed by atoms with Crippen molar-refractivity contribution in [3.05, 3.63) is 29.3 Å². The standard InChI is InChI=1S/C17H25FN2O5S/c1-17(2,3)25-16(21)20-7-5-12(6-8-20)13-9-14(18)15(19-10-13)11-24-26(4,22)23/h9-10,12H,5-8,11H2,1-4H3. The van der Waals surface area contributed by atoms with Crippen molar-refractivity contribution in [2.45, 2.75) is 51.7 Å². The van der Waals surface area contributed by atoms with Gasteiger partial charge in [0.1, 0.15) is 23.7 Å². The normalized spacial score (nSPS) is 16.6. The second kappa shape index (κ2) is 7.87. The van der Waals surface area contributed by atoms with Crippen molar-refractivity contribution in [1.29, 1.82) is 0 Å². The maximum atomic E-state index is 14.1. The number of pyridine rings is 1. The first-order valence-corrected chi connectivity index (χ1v) is 10.2. The summed E-state index contributed by atoms with van der Waals surface area (Å²) in [7, 11) is -3.65. The maximum Gasteiger partial charge on any atom is 0.410 e. The highest BCUT2D eigenvalue weighted by atomic mass is 32.2. The summed E-state index contributed by atoms with van der Waals surface area (Å²) < 4.78 is 46.1. The molecule has 1 amide bonds. The predicted octanol–water partition coefficient (Wildman–Crippen LogP) is 2.81. The van der Waals surface area contributed by atoms with Crippen molar-refractivity contribution in [2.75, 3.05) is 19.3 Å². The highest BCUT2D eigenvalue weighted by molar-refractivity contribution is 7.85. The van der Waals surface area contributed by atoms with Crippen LogP contribution in [0, 0.1) is 5.82 Å². The van der Waals surface area contributed by atoms with E-state index in [2.05, 4.69) is 9.17 Å². The molecule has 1 aromatic rings. The zero-order valence-electron chi connectivity index (χ0n) is 15.5. The highest BCUT2D eigenvalue weighted by Gasteiger charge is 2.28. The van der Waals surface area contributed by atoms with Crippen LogP contribution in [0.2, 0.25) is 0 Å². The van der Waals surface area contributed by atoms with Gasteiger partial charge in [0.2, 0.25) is 0 Å². The van der Waals surface area contributed by atoms with Gasteiger partial charge in [0.25, 0.3) is 10.1 Å². The number of amides is 1. The van der Waals surface area contributed by atoms with Crippen LogP contribution in [0.4, 0.5) is 9.18 Å². The summed E-state index contributed by atoms with van der Waals surface area (Å²) in [5.41, 5.74) is 0.144. The van der Waals surface area contributed by atoms with Crippen LogP contribution in [0.5, 0.6) is 0 Å². The Morgan fingerprint density at radius 1 is 1.35 bits per heavy atom. The zero-order chi connectivity index (χ0) is 19.5. The van der Waals surface area contributed by atoms with Crippen molar-refractivity contribution in [1.82, 2.24) is 9.88 Å². The number of carbonyl (C=O) groups excluding carboxylic acids is 1. The number of nitrogens with zero attached hydrogens (tertiary/aromatic N) is 2. The number of rotatable bonds is 4. The smallest absolute Gasteiger partial charge is 0.410 e. The molecule has 2 heterocycles. The average molecular weight is 388 g/mol. The molecule has 1 aliphatic heterocycles. The number of ether oxygens (including phenoxy) is 1. The fraction of sp³-hybridized carbons (Fsp3) is 0.647. The van der Waals surface area contributed by atoms with Crippen molar-refractivity contribution < 1.29 is 26.5 Å². The molecule has 9 heteroatoms. The molecule has 0 aliphatic carbocycles. The molecular formula is C17H25FN2O5S. The minimum atomic E-state index is -3.65. The van der Waals surface area contributed by atoms with Crippen LogP contribution >= 0.6 is 0 Å². The first-order chi connectivity index (χ1) is 11.9. The van der Waals surface area contributed by atoms with Gasteiger partial charge in [-0.05, 0) is 51.2 Å². The van der Waals surface area contributed by atoms with Gasteiger partial charge in [0, 0.05) is 19.3 Å². The summed E-state index contributed by atoms with van der Waals surface area (Å²) in [6, 6.07) is 1.36. The van der Waals surface area contributed by atoms with Crippen molar-refractivity contribution in [2.24, 2.45) is 0 Å². The summed E-state index contributed by atoms with van der Waals surface area (Å²) in [5.74, 6) is -0.513. The molecule has 0 radical (unpaired) electrons. The lowest BCUT2D eigenvalue weighted by Crippen LogP contribution is -2.41. The fourth-order valence-electron chi connectivity index (χ4n) is 2.70. The molecule has 26 heavy (non-hydrogen) atoms. The number of likely N-dealkylation sites (tertiary alicyclic amines) is 1. The topological polar surface area (TPSA) is 85.8 Å². The highest BCUT2D eigenvalue weighted by Crippen LogP contribution is 2.29. The lowest BCUT2D eigenvalue weighted by atomic mass is 9.90. The zero-order valence-corrected chi connectivity index (χ0v) is 16.3. The molecule has 1 aliphatic rings. The fourth-order valence-corrected chi connectivity index (χ4v) is 3.02. The SMILES string of the molecule is CC(C)(C)OC(=O)N1CCC(c2cnc(COS(C)(=O)=O)c(F)c2)CC1. The van der Waals surface area contributed by atoms with Crippen LogP contribution in [-0.2, 0) is 25.6 Å². The molecular weight excluding hydrogens is 363 g/mol. The van der Waals surface area contributed by atoms with Gasteiger partial charge in [-0.2, -0.15) is 8.42 Å². The Morgan fingerprint density at radius 2 is 1.96 bits per heavy atom. The van der Waals surface area contributed by atoms with E-state index in [0.29, 0.717) is 25.9 Å². The summed E-state index contributed by atoms with van der Waals surface area (Å²) in [6.07, 6.45) is 3.46. The third-order valence-electron chi connectivity index (χ3n) is 3.97. The third kappa shape index (κ3) is 6.21. The molecule has 1 saturated heterocycles. The molecule has 0 saturated carbocycles. The van der Waals surface area contributed by atoms with Gasteiger partial charge in [0.05, 0.1) is 6.26 Å². The van der Waals surface area contributed by atoms with Crippen LogP contribution in [0.15, 0.2) is 12.3 Å². The Kier molecular flexibility index (Phi) is 6.23. The predicted molar refractivity (Wildman–Crippen MR) is 93.6 cm³/mol. The molecule has 0 N–H and O–H groups in total. The molecule has 146 valence electrons. The van der Waals surface area contributed by atoms with Crippen LogP contribution in [-0.4, -0.2) is 49.3 Å². The first kappa shape index (κ1) is 20.6. The molecule has 1 fully saturated rings. The van der Waals surface area contributed by atoms with Crippen molar-refractivity contribution >= 4 is 16.2 Å². The lowest BCUT2D eigenvalue weighted by Gasteiger charge is -2.33. The van der Waals surface area contributed by atoms with Crippen LogP contribution < -0.4 is 0 Å². The molecule has 7 nitrogen and oxygen atoms in total. The van der Waals surface area contributed by atoms with E-state index in [0.717, 1.165) is 11.8 Å². The number of piperidine rings is 1. The van der Waals surface area contributed by atoms with Gasteiger partial charge in [-0.3, -0.25) is 9.17 Å². The number of aromatic nitrogens is 1. The van der Waals surface area contributed by atoms with E-state index < -0.39 is 28.1 Å². The van der Waals surface area contributed by atoms with E-state index in [1.165, 1.54) is 12.3 Å². The van der Waals surface area contributed by atoms with Gasteiger partial charge in [-0.15, -0.1) is 0 Å². The second-order valence-corrected chi connectivity index (χ2v) is 9.05. The van der Waals surface area contributed by atoms with E-state index in [1.807, 2.05) is 20.8 Å². The Bertz CT molecular complexity index is 753. The number of carbonyl (C=O) groups is 1. The summed E-state index contributed by atoms with van der Waals surface area (Å²) >= 11 is 0. The third-order valence-corrected chi connectivity index (χ3v) is 4.51. The van der Waals surface area contributed by atoms with Gasteiger partial charge in [0.15, 0.2) is 0 Å².